The van der Waals surface area contributed by atoms with E-state index in [4.69, 9.17) is 10.5 Å². The van der Waals surface area contributed by atoms with Gasteiger partial charge in [0.2, 0.25) is 0 Å². The van der Waals surface area contributed by atoms with E-state index in [9.17, 15) is 4.79 Å². The molecular weight excluding hydrogens is 228 g/mol. The summed E-state index contributed by atoms with van der Waals surface area (Å²) < 4.78 is 5.32. The highest BCUT2D eigenvalue weighted by Gasteiger charge is 2.29. The number of amides is 1. The van der Waals surface area contributed by atoms with Gasteiger partial charge in [0, 0.05) is 19.5 Å². The Kier molecular flexibility index (Phi) is 3.87. The van der Waals surface area contributed by atoms with Crippen LogP contribution in [0.1, 0.15) is 24.5 Å². The molecule has 0 radical (unpaired) electrons. The van der Waals surface area contributed by atoms with Gasteiger partial charge in [0.1, 0.15) is 6.10 Å². The SMILES string of the molecule is CCc1cccc(C)c1N1CCC(CN)OC1=O. The topological polar surface area (TPSA) is 55.6 Å². The van der Waals surface area contributed by atoms with E-state index in [2.05, 4.69) is 13.0 Å². The van der Waals surface area contributed by atoms with Crippen molar-refractivity contribution in [3.8, 4) is 0 Å². The smallest absolute Gasteiger partial charge is 0.414 e. The Morgan fingerprint density at radius 2 is 2.28 bits per heavy atom. The summed E-state index contributed by atoms with van der Waals surface area (Å²) in [4.78, 5) is 13.8. The highest BCUT2D eigenvalue weighted by Crippen LogP contribution is 2.28. The van der Waals surface area contributed by atoms with Crippen molar-refractivity contribution < 1.29 is 9.53 Å². The molecule has 0 aromatic heterocycles. The molecule has 98 valence electrons. The fourth-order valence-corrected chi connectivity index (χ4v) is 2.39. The first kappa shape index (κ1) is 12.9. The zero-order valence-electron chi connectivity index (χ0n) is 11.0. The zero-order chi connectivity index (χ0) is 13.1. The number of cyclic esters (lactones) is 1. The number of anilines is 1. The predicted octanol–water partition coefficient (Wildman–Crippen LogP) is 2.23. The van der Waals surface area contributed by atoms with Crippen LogP contribution in [0.3, 0.4) is 0 Å². The van der Waals surface area contributed by atoms with Crippen molar-refractivity contribution in [2.24, 2.45) is 5.73 Å². The third-order valence-electron chi connectivity index (χ3n) is 3.40. The number of benzene rings is 1. The summed E-state index contributed by atoms with van der Waals surface area (Å²) in [7, 11) is 0. The number of nitrogens with zero attached hydrogens (tertiary/aromatic N) is 1. The van der Waals surface area contributed by atoms with Gasteiger partial charge in [-0.1, -0.05) is 25.1 Å². The summed E-state index contributed by atoms with van der Waals surface area (Å²) >= 11 is 0. The number of ether oxygens (including phenoxy) is 1. The van der Waals surface area contributed by atoms with E-state index in [-0.39, 0.29) is 12.2 Å². The Balaban J connectivity index is 2.29. The van der Waals surface area contributed by atoms with Crippen molar-refractivity contribution in [3.63, 3.8) is 0 Å². The summed E-state index contributed by atoms with van der Waals surface area (Å²) in [6.07, 6.45) is 1.28. The van der Waals surface area contributed by atoms with Gasteiger partial charge in [0.15, 0.2) is 0 Å². The molecular formula is C14H20N2O2. The molecule has 18 heavy (non-hydrogen) atoms. The maximum atomic E-state index is 12.0. The second kappa shape index (κ2) is 5.40. The normalized spacial score (nSPS) is 19.8. The number of para-hydroxylation sites is 1. The second-order valence-corrected chi connectivity index (χ2v) is 4.62. The first-order valence-electron chi connectivity index (χ1n) is 6.44. The maximum absolute atomic E-state index is 12.0. The van der Waals surface area contributed by atoms with Gasteiger partial charge in [-0.25, -0.2) is 4.79 Å². The number of carbonyl (C=O) groups excluding carboxylic acids is 1. The highest BCUT2D eigenvalue weighted by atomic mass is 16.6. The minimum Gasteiger partial charge on any atom is -0.444 e. The third kappa shape index (κ3) is 2.34. The predicted molar refractivity (Wildman–Crippen MR) is 71.8 cm³/mol. The molecule has 4 heteroatoms. The van der Waals surface area contributed by atoms with E-state index in [0.717, 1.165) is 24.1 Å². The van der Waals surface area contributed by atoms with E-state index in [0.29, 0.717) is 13.1 Å². The largest absolute Gasteiger partial charge is 0.444 e. The van der Waals surface area contributed by atoms with Crippen LogP contribution in [0.5, 0.6) is 0 Å². The van der Waals surface area contributed by atoms with E-state index in [1.54, 1.807) is 4.90 Å². The average Bonchev–Trinajstić information content (AvgIpc) is 2.39. The van der Waals surface area contributed by atoms with Crippen LogP contribution >= 0.6 is 0 Å². The van der Waals surface area contributed by atoms with Crippen molar-refractivity contribution in [2.45, 2.75) is 32.8 Å². The first-order valence-corrected chi connectivity index (χ1v) is 6.44. The summed E-state index contributed by atoms with van der Waals surface area (Å²) in [5, 5.41) is 0. The lowest BCUT2D eigenvalue weighted by molar-refractivity contribution is 0.0887. The zero-order valence-corrected chi connectivity index (χ0v) is 11.0. The van der Waals surface area contributed by atoms with Crippen LogP contribution in [0.4, 0.5) is 10.5 Å². The van der Waals surface area contributed by atoms with Crippen LogP contribution in [0, 0.1) is 6.92 Å². The Morgan fingerprint density at radius 1 is 1.50 bits per heavy atom. The number of hydrogen-bond acceptors (Lipinski definition) is 3. The minimum atomic E-state index is -0.277. The standard InChI is InChI=1S/C14H20N2O2/c1-3-11-6-4-5-10(2)13(11)16-8-7-12(9-15)18-14(16)17/h4-6,12H,3,7-9,15H2,1-2H3. The summed E-state index contributed by atoms with van der Waals surface area (Å²) in [5.41, 5.74) is 8.83. The number of carbonyl (C=O) groups is 1. The van der Waals surface area contributed by atoms with E-state index in [1.165, 1.54) is 5.56 Å². The molecule has 1 amide bonds. The summed E-state index contributed by atoms with van der Waals surface area (Å²) in [6, 6.07) is 6.11. The molecule has 4 nitrogen and oxygen atoms in total. The highest BCUT2D eigenvalue weighted by molar-refractivity contribution is 5.90. The number of aryl methyl sites for hydroxylation is 2. The molecule has 0 spiro atoms. The van der Waals surface area contributed by atoms with Gasteiger partial charge in [-0.3, -0.25) is 4.90 Å². The number of hydrogen-bond donors (Lipinski definition) is 1. The van der Waals surface area contributed by atoms with Gasteiger partial charge in [-0.05, 0) is 24.5 Å². The van der Waals surface area contributed by atoms with E-state index in [1.807, 2.05) is 19.1 Å². The first-order chi connectivity index (χ1) is 8.67. The molecule has 2 N–H and O–H groups in total. The van der Waals surface area contributed by atoms with Gasteiger partial charge >= 0.3 is 6.09 Å². The van der Waals surface area contributed by atoms with Gasteiger partial charge in [0.25, 0.3) is 0 Å². The van der Waals surface area contributed by atoms with Gasteiger partial charge in [-0.2, -0.15) is 0 Å². The van der Waals surface area contributed by atoms with Crippen LogP contribution in [0.25, 0.3) is 0 Å². The Bertz CT molecular complexity index is 445. The molecule has 1 fully saturated rings. The van der Waals surface area contributed by atoms with Gasteiger partial charge in [-0.15, -0.1) is 0 Å². The van der Waals surface area contributed by atoms with Crippen molar-refractivity contribution in [1.29, 1.82) is 0 Å². The van der Waals surface area contributed by atoms with Crippen LogP contribution in [-0.4, -0.2) is 25.3 Å². The molecule has 0 bridgehead atoms. The van der Waals surface area contributed by atoms with Crippen LogP contribution in [-0.2, 0) is 11.2 Å². The molecule has 2 rings (SSSR count). The number of rotatable bonds is 3. The monoisotopic (exact) mass is 248 g/mol. The third-order valence-corrected chi connectivity index (χ3v) is 3.40. The van der Waals surface area contributed by atoms with Crippen molar-refractivity contribution in [3.05, 3.63) is 29.3 Å². The van der Waals surface area contributed by atoms with Crippen LogP contribution in [0.15, 0.2) is 18.2 Å². The van der Waals surface area contributed by atoms with Crippen molar-refractivity contribution in [2.75, 3.05) is 18.0 Å². The van der Waals surface area contributed by atoms with Crippen LogP contribution in [0.2, 0.25) is 0 Å². The Morgan fingerprint density at radius 3 is 2.89 bits per heavy atom. The van der Waals surface area contributed by atoms with Crippen molar-refractivity contribution in [1.82, 2.24) is 0 Å². The molecule has 0 saturated carbocycles. The Hall–Kier alpha value is -1.55. The number of nitrogens with two attached hydrogens (primary N) is 1. The minimum absolute atomic E-state index is 0.136. The molecule has 1 atom stereocenters. The Labute approximate surface area is 108 Å². The molecule has 0 aliphatic carbocycles. The molecule has 1 unspecified atom stereocenters. The second-order valence-electron chi connectivity index (χ2n) is 4.62. The lowest BCUT2D eigenvalue weighted by Gasteiger charge is -2.33. The van der Waals surface area contributed by atoms with Crippen LogP contribution < -0.4 is 10.6 Å². The molecule has 1 aromatic rings. The molecule has 1 aromatic carbocycles. The molecule has 1 aliphatic heterocycles. The quantitative estimate of drug-likeness (QED) is 0.892. The lowest BCUT2D eigenvalue weighted by atomic mass is 10.0. The fourth-order valence-electron chi connectivity index (χ4n) is 2.39. The van der Waals surface area contributed by atoms with E-state index >= 15 is 0 Å². The molecule has 1 aliphatic rings. The molecule has 1 heterocycles. The molecule has 1 saturated heterocycles. The maximum Gasteiger partial charge on any atom is 0.414 e. The van der Waals surface area contributed by atoms with E-state index < -0.39 is 0 Å². The fraction of sp³-hybridized carbons (Fsp3) is 0.500. The summed E-state index contributed by atoms with van der Waals surface area (Å²) in [5.74, 6) is 0. The van der Waals surface area contributed by atoms with Crippen molar-refractivity contribution >= 4 is 11.8 Å². The lowest BCUT2D eigenvalue weighted by Crippen LogP contribution is -2.45. The summed E-state index contributed by atoms with van der Waals surface area (Å²) in [6.45, 7) is 5.19. The van der Waals surface area contributed by atoms with Gasteiger partial charge in [0.05, 0.1) is 5.69 Å². The van der Waals surface area contributed by atoms with Gasteiger partial charge < -0.3 is 10.5 Å². The average molecular weight is 248 g/mol.